The maximum Gasteiger partial charge on any atom is 0.356 e. The van der Waals surface area contributed by atoms with Gasteiger partial charge < -0.3 is 9.47 Å². The minimum atomic E-state index is -1.14. The fourth-order valence-corrected chi connectivity index (χ4v) is 7.12. The van der Waals surface area contributed by atoms with Gasteiger partial charge in [0.25, 0.3) is 11.6 Å². The number of amides is 1. The lowest BCUT2D eigenvalue weighted by Gasteiger charge is -2.55. The van der Waals surface area contributed by atoms with Crippen LogP contribution >= 0.6 is 11.8 Å². The van der Waals surface area contributed by atoms with E-state index in [-0.39, 0.29) is 23.9 Å². The van der Waals surface area contributed by atoms with Gasteiger partial charge in [0.2, 0.25) is 0 Å². The van der Waals surface area contributed by atoms with Crippen LogP contribution in [0.4, 0.5) is 5.69 Å². The number of carbonyl (C=O) groups excluding carboxylic acids is 3. The molecule has 3 aromatic rings. The molecule has 46 heavy (non-hydrogen) atoms. The summed E-state index contributed by atoms with van der Waals surface area (Å²) in [4.78, 5) is 57.1. The van der Waals surface area contributed by atoms with Crippen LogP contribution < -0.4 is 0 Å². The Balaban J connectivity index is 1.50. The van der Waals surface area contributed by atoms with Crippen molar-refractivity contribution in [2.24, 2.45) is 4.99 Å². The number of esters is 2. The number of nitro groups is 1. The van der Waals surface area contributed by atoms with E-state index < -0.39 is 33.9 Å². The number of fused-ring (bicyclic) bond motifs is 1. The number of aliphatic imine (C=N–C) groups is 1. The SMILES string of the molecule is CCCCCC1(N=Cc2ccc([N+](=O)[O-])cc2)C(=O)N2C(C(=O)OC(c3ccccc3)c3ccccc3)=C(COC(C)=O)CS[C@@H]21. The molecule has 3 aromatic carbocycles. The van der Waals surface area contributed by atoms with Crippen LogP contribution in [0.1, 0.15) is 62.3 Å². The van der Waals surface area contributed by atoms with Crippen LogP contribution in [0.2, 0.25) is 0 Å². The molecule has 1 unspecified atom stereocenters. The first kappa shape index (κ1) is 32.6. The van der Waals surface area contributed by atoms with Gasteiger partial charge in [-0.05, 0) is 35.2 Å². The number of rotatable bonds is 13. The van der Waals surface area contributed by atoms with Crippen LogP contribution in [0, 0.1) is 10.1 Å². The molecule has 2 aliphatic rings. The van der Waals surface area contributed by atoms with Gasteiger partial charge in [0.05, 0.1) is 4.92 Å². The first-order valence-corrected chi connectivity index (χ1v) is 16.2. The highest BCUT2D eigenvalue weighted by molar-refractivity contribution is 8.00. The average molecular weight is 642 g/mol. The lowest BCUT2D eigenvalue weighted by Crippen LogP contribution is -2.72. The number of non-ortho nitro benzene ring substituents is 1. The number of unbranched alkanes of at least 4 members (excludes halogenated alkanes) is 2. The zero-order valence-corrected chi connectivity index (χ0v) is 26.5. The third-order valence-electron chi connectivity index (χ3n) is 8.01. The van der Waals surface area contributed by atoms with Gasteiger partial charge in [-0.25, -0.2) is 4.79 Å². The summed E-state index contributed by atoms with van der Waals surface area (Å²) in [5.41, 5.74) is 1.52. The zero-order valence-electron chi connectivity index (χ0n) is 25.7. The predicted octanol–water partition coefficient (Wildman–Crippen LogP) is 6.40. The molecule has 1 amide bonds. The highest BCUT2D eigenvalue weighted by atomic mass is 32.2. The van der Waals surface area contributed by atoms with Gasteiger partial charge in [0.15, 0.2) is 11.6 Å². The Kier molecular flexibility index (Phi) is 10.3. The van der Waals surface area contributed by atoms with Crippen molar-refractivity contribution in [1.82, 2.24) is 4.90 Å². The molecule has 0 aliphatic carbocycles. The standard InChI is InChI=1S/C35H35N3O7S/c1-3-4-11-20-35(36-21-25-16-18-29(19-17-25)38(42)43)33(41)37-30(28(22-44-24(2)39)23-46-34(35)37)32(40)45-31(26-12-7-5-8-13-26)27-14-9-6-10-15-27/h5-10,12-19,21,31,34H,3-4,11,20,22-23H2,1-2H3/t34-,35?/m1/s1. The van der Waals surface area contributed by atoms with E-state index in [9.17, 15) is 24.5 Å². The van der Waals surface area contributed by atoms with Crippen LogP contribution in [0.5, 0.6) is 0 Å². The Labute approximate surface area is 271 Å². The molecule has 0 bridgehead atoms. The number of hydrogen-bond donors (Lipinski definition) is 0. The van der Waals surface area contributed by atoms with Gasteiger partial charge in [0, 0.05) is 36.6 Å². The quantitative estimate of drug-likeness (QED) is 0.0524. The van der Waals surface area contributed by atoms with E-state index in [2.05, 4.69) is 6.92 Å². The molecule has 2 aliphatic heterocycles. The van der Waals surface area contributed by atoms with Crippen molar-refractivity contribution in [1.29, 1.82) is 0 Å². The van der Waals surface area contributed by atoms with E-state index in [0.29, 0.717) is 23.3 Å². The number of hydrogen-bond acceptors (Lipinski definition) is 9. The number of ether oxygens (including phenoxy) is 2. The van der Waals surface area contributed by atoms with E-state index >= 15 is 0 Å². The topological polar surface area (TPSA) is 128 Å². The summed E-state index contributed by atoms with van der Waals surface area (Å²) in [5.74, 6) is -1.21. The molecule has 2 heterocycles. The summed E-state index contributed by atoms with van der Waals surface area (Å²) >= 11 is 1.46. The Morgan fingerprint density at radius 2 is 1.67 bits per heavy atom. The van der Waals surface area contributed by atoms with E-state index in [1.807, 2.05) is 60.7 Å². The summed E-state index contributed by atoms with van der Waals surface area (Å²) in [5, 5.41) is 10.6. The minimum Gasteiger partial charge on any atom is -0.461 e. The normalized spacial score (nSPS) is 19.2. The lowest BCUT2D eigenvalue weighted by atomic mass is 9.82. The third kappa shape index (κ3) is 6.89. The molecule has 0 spiro atoms. The smallest absolute Gasteiger partial charge is 0.356 e. The lowest BCUT2D eigenvalue weighted by molar-refractivity contribution is -0.384. The van der Waals surface area contributed by atoms with Crippen LogP contribution in [-0.2, 0) is 23.9 Å². The second-order valence-electron chi connectivity index (χ2n) is 11.2. The molecule has 11 heteroatoms. The third-order valence-corrected chi connectivity index (χ3v) is 9.44. The van der Waals surface area contributed by atoms with Gasteiger partial charge in [-0.1, -0.05) is 86.8 Å². The molecule has 5 rings (SSSR count). The summed E-state index contributed by atoms with van der Waals surface area (Å²) in [6, 6.07) is 24.7. The second-order valence-corrected chi connectivity index (χ2v) is 12.2. The summed E-state index contributed by atoms with van der Waals surface area (Å²) < 4.78 is 11.5. The van der Waals surface area contributed by atoms with Crippen molar-refractivity contribution in [3.63, 3.8) is 0 Å². The van der Waals surface area contributed by atoms with E-state index in [4.69, 9.17) is 14.5 Å². The number of nitro benzene ring substituents is 1. The number of benzene rings is 3. The number of thioether (sulfide) groups is 1. The Bertz CT molecular complexity index is 1600. The number of nitrogens with zero attached hydrogens (tertiary/aromatic N) is 3. The molecular weight excluding hydrogens is 606 g/mol. The van der Waals surface area contributed by atoms with Crippen molar-refractivity contribution >= 4 is 41.5 Å². The predicted molar refractivity (Wildman–Crippen MR) is 175 cm³/mol. The first-order valence-electron chi connectivity index (χ1n) is 15.2. The van der Waals surface area contributed by atoms with Crippen molar-refractivity contribution in [2.45, 2.75) is 56.5 Å². The molecule has 1 fully saturated rings. The highest BCUT2D eigenvalue weighted by Gasteiger charge is 2.64. The van der Waals surface area contributed by atoms with Gasteiger partial charge in [-0.15, -0.1) is 11.8 Å². The molecule has 0 N–H and O–H groups in total. The summed E-state index contributed by atoms with van der Waals surface area (Å²) in [6.07, 6.45) is 3.90. The van der Waals surface area contributed by atoms with E-state index in [1.165, 1.54) is 35.7 Å². The average Bonchev–Trinajstić information content (AvgIpc) is 3.08. The monoisotopic (exact) mass is 641 g/mol. The van der Waals surface area contributed by atoms with Gasteiger partial charge in [-0.2, -0.15) is 0 Å². The second kappa shape index (κ2) is 14.6. The van der Waals surface area contributed by atoms with E-state index in [1.54, 1.807) is 18.3 Å². The van der Waals surface area contributed by atoms with Crippen molar-refractivity contribution in [3.8, 4) is 0 Å². The first-order chi connectivity index (χ1) is 22.2. The van der Waals surface area contributed by atoms with Crippen LogP contribution in [0.15, 0.2) is 101 Å². The van der Waals surface area contributed by atoms with Crippen LogP contribution in [0.25, 0.3) is 0 Å². The largest absolute Gasteiger partial charge is 0.461 e. The Morgan fingerprint density at radius 3 is 2.24 bits per heavy atom. The maximum atomic E-state index is 14.3. The Hall–Kier alpha value is -4.77. The fraction of sp³-hybridized carbons (Fsp3) is 0.314. The number of carbonyl (C=O) groups is 3. The molecule has 0 radical (unpaired) electrons. The summed E-state index contributed by atoms with van der Waals surface area (Å²) in [6.45, 7) is 3.21. The molecular formula is C35H35N3O7S. The molecule has 238 valence electrons. The van der Waals surface area contributed by atoms with Crippen LogP contribution in [-0.4, -0.2) is 57.2 Å². The van der Waals surface area contributed by atoms with Crippen molar-refractivity contribution in [2.75, 3.05) is 12.4 Å². The van der Waals surface area contributed by atoms with Crippen LogP contribution in [0.3, 0.4) is 0 Å². The fourth-order valence-electron chi connectivity index (χ4n) is 5.64. The summed E-state index contributed by atoms with van der Waals surface area (Å²) in [7, 11) is 0. The van der Waals surface area contributed by atoms with Crippen molar-refractivity contribution < 1.29 is 28.8 Å². The highest BCUT2D eigenvalue weighted by Crippen LogP contribution is 2.51. The molecule has 2 atom stereocenters. The molecule has 1 saturated heterocycles. The molecule has 10 nitrogen and oxygen atoms in total. The zero-order chi connectivity index (χ0) is 32.7. The minimum absolute atomic E-state index is 0.0403. The van der Waals surface area contributed by atoms with E-state index in [0.717, 1.165) is 30.4 Å². The maximum absolute atomic E-state index is 14.3. The van der Waals surface area contributed by atoms with Crippen molar-refractivity contribution in [3.05, 3.63) is 123 Å². The Morgan fingerprint density at radius 1 is 1.04 bits per heavy atom. The van der Waals surface area contributed by atoms with Gasteiger partial charge in [-0.3, -0.25) is 29.6 Å². The van der Waals surface area contributed by atoms with Gasteiger partial charge >= 0.3 is 11.9 Å². The molecule has 0 saturated carbocycles. The molecule has 0 aromatic heterocycles. The number of β-lactam (4-membered cyclic amide) rings is 1. The van der Waals surface area contributed by atoms with Gasteiger partial charge in [0.1, 0.15) is 17.7 Å².